The first-order valence-electron chi connectivity index (χ1n) is 14.9. The number of hydrogen-bond donors (Lipinski definition) is 1. The van der Waals surface area contributed by atoms with Crippen LogP contribution in [0.15, 0.2) is 46.8 Å². The summed E-state index contributed by atoms with van der Waals surface area (Å²) in [4.78, 5) is 34.7. The molecule has 0 aliphatic carbocycles. The van der Waals surface area contributed by atoms with E-state index in [-0.39, 0.29) is 49.3 Å². The molecular formula is C32H38F3N5O4S. The number of amidine groups is 1. The second kappa shape index (κ2) is 12.3. The van der Waals surface area contributed by atoms with Gasteiger partial charge in [0.25, 0.3) is 11.8 Å². The molecule has 2 amide bonds. The third kappa shape index (κ3) is 6.85. The van der Waals surface area contributed by atoms with Gasteiger partial charge in [0.05, 0.1) is 5.56 Å². The molecule has 1 N–H and O–H groups in total. The van der Waals surface area contributed by atoms with Gasteiger partial charge < -0.3 is 15.1 Å². The van der Waals surface area contributed by atoms with Crippen LogP contribution >= 0.6 is 0 Å². The van der Waals surface area contributed by atoms with Crippen LogP contribution in [0.25, 0.3) is 6.08 Å². The molecule has 0 aromatic heterocycles. The fourth-order valence-electron chi connectivity index (χ4n) is 6.30. The largest absolute Gasteiger partial charge is 0.416 e. The number of nitrogens with zero attached hydrogens (tertiary/aromatic N) is 4. The number of alkyl halides is 3. The summed E-state index contributed by atoms with van der Waals surface area (Å²) < 4.78 is 67.4. The molecular weight excluding hydrogens is 607 g/mol. The minimum atomic E-state index is -4.54. The molecule has 3 aliphatic rings. The van der Waals surface area contributed by atoms with Crippen molar-refractivity contribution in [3.05, 3.63) is 75.2 Å². The van der Waals surface area contributed by atoms with Crippen molar-refractivity contribution >= 4 is 33.7 Å². The van der Waals surface area contributed by atoms with Crippen LogP contribution in [0.4, 0.5) is 13.2 Å². The normalized spacial score (nSPS) is 20.1. The predicted octanol–water partition coefficient (Wildman–Crippen LogP) is 4.20. The minimum absolute atomic E-state index is 0.0220. The smallest absolute Gasteiger partial charge is 0.339 e. The number of carbonyl (C=O) groups is 2. The van der Waals surface area contributed by atoms with Gasteiger partial charge in [0, 0.05) is 42.7 Å². The summed E-state index contributed by atoms with van der Waals surface area (Å²) in [5, 5.41) is 3.73. The van der Waals surface area contributed by atoms with Crippen molar-refractivity contribution in [2.24, 2.45) is 4.99 Å². The number of sulfonamides is 1. The number of likely N-dealkylation sites (tertiary alicyclic amines) is 1. The second-order valence-corrected chi connectivity index (χ2v) is 14.1. The van der Waals surface area contributed by atoms with Crippen LogP contribution in [0.1, 0.15) is 63.9 Å². The number of aliphatic imine (C=N–C) groups is 1. The maximum Gasteiger partial charge on any atom is 0.416 e. The topological polar surface area (TPSA) is 102 Å². The Morgan fingerprint density at radius 3 is 2.29 bits per heavy atom. The summed E-state index contributed by atoms with van der Waals surface area (Å²) in [6, 6.07) is 8.33. The zero-order chi connectivity index (χ0) is 32.7. The maximum absolute atomic E-state index is 13.3. The fourth-order valence-corrected chi connectivity index (χ4v) is 7.47. The predicted molar refractivity (Wildman–Crippen MR) is 166 cm³/mol. The monoisotopic (exact) mass is 645 g/mol. The van der Waals surface area contributed by atoms with Gasteiger partial charge in [-0.15, -0.1) is 0 Å². The molecule has 0 unspecified atom stereocenters. The van der Waals surface area contributed by atoms with E-state index in [2.05, 4.69) is 22.3 Å². The average Bonchev–Trinajstić information content (AvgIpc) is 3.31. The fraction of sp³-hybridized carbons (Fsp3) is 0.469. The van der Waals surface area contributed by atoms with E-state index in [0.717, 1.165) is 54.6 Å². The van der Waals surface area contributed by atoms with Gasteiger partial charge >= 0.3 is 6.18 Å². The molecule has 45 heavy (non-hydrogen) atoms. The number of benzene rings is 2. The van der Waals surface area contributed by atoms with Gasteiger partial charge in [0.1, 0.15) is 11.4 Å². The minimum Gasteiger partial charge on any atom is -0.339 e. The first kappa shape index (κ1) is 32.8. The lowest BCUT2D eigenvalue weighted by Gasteiger charge is -2.35. The quantitative estimate of drug-likeness (QED) is 0.508. The summed E-state index contributed by atoms with van der Waals surface area (Å²) in [5.74, 6) is -0.464. The number of rotatable bonds is 6. The Bertz CT molecular complexity index is 1630. The van der Waals surface area contributed by atoms with Crippen LogP contribution in [0.2, 0.25) is 0 Å². The molecule has 242 valence electrons. The van der Waals surface area contributed by atoms with Crippen LogP contribution in [0.3, 0.4) is 0 Å². The van der Waals surface area contributed by atoms with Crippen LogP contribution in [-0.2, 0) is 21.0 Å². The van der Waals surface area contributed by atoms with Crippen molar-refractivity contribution in [3.8, 4) is 0 Å². The van der Waals surface area contributed by atoms with Crippen LogP contribution in [-0.4, -0.2) is 92.0 Å². The van der Waals surface area contributed by atoms with E-state index in [0.29, 0.717) is 11.1 Å². The van der Waals surface area contributed by atoms with E-state index in [4.69, 9.17) is 0 Å². The highest BCUT2D eigenvalue weighted by molar-refractivity contribution is 7.92. The highest BCUT2D eigenvalue weighted by atomic mass is 32.2. The number of piperidine rings is 2. The van der Waals surface area contributed by atoms with E-state index >= 15 is 0 Å². The average molecular weight is 646 g/mol. The summed E-state index contributed by atoms with van der Waals surface area (Å²) in [6.45, 7) is 5.61. The zero-order valence-electron chi connectivity index (χ0n) is 25.8. The van der Waals surface area contributed by atoms with Gasteiger partial charge in [-0.05, 0) is 107 Å². The maximum atomic E-state index is 13.3. The third-order valence-corrected chi connectivity index (χ3v) is 10.7. The molecule has 3 aliphatic heterocycles. The van der Waals surface area contributed by atoms with Crippen LogP contribution in [0.5, 0.6) is 0 Å². The van der Waals surface area contributed by atoms with Crippen molar-refractivity contribution in [2.75, 3.05) is 40.3 Å². The van der Waals surface area contributed by atoms with E-state index in [1.54, 1.807) is 12.1 Å². The van der Waals surface area contributed by atoms with Crippen LogP contribution < -0.4 is 5.32 Å². The number of halogens is 3. The highest BCUT2D eigenvalue weighted by Gasteiger charge is 2.47. The standard InChI is InChI=1S/C32H38F3N5O4S/c1-21-18-24(29(41)39(4)26-8-13-38(3)14-9-26)19-22(2)27(21)10-17-45(43,44)40-15-11-31(12-16-40)30(42)36-28(37-31)23-6-5-7-25(20-23)32(33,34)35/h5-7,10,17-20,26H,8-9,11-16H2,1-4H3,(H,36,37,42). The highest BCUT2D eigenvalue weighted by Crippen LogP contribution is 2.34. The Balaban J connectivity index is 1.26. The van der Waals surface area contributed by atoms with Crippen molar-refractivity contribution in [3.63, 3.8) is 0 Å². The summed E-state index contributed by atoms with van der Waals surface area (Å²) in [7, 11) is 0.0487. The molecule has 5 rings (SSSR count). The number of amides is 2. The molecule has 2 fully saturated rings. The Labute approximate surface area is 261 Å². The lowest BCUT2D eigenvalue weighted by atomic mass is 9.89. The van der Waals surface area contributed by atoms with Crippen molar-refractivity contribution in [1.29, 1.82) is 0 Å². The number of hydrogen-bond acceptors (Lipinski definition) is 6. The zero-order valence-corrected chi connectivity index (χ0v) is 26.6. The molecule has 1 spiro atoms. The van der Waals surface area contributed by atoms with Crippen molar-refractivity contribution in [2.45, 2.75) is 57.3 Å². The van der Waals surface area contributed by atoms with Crippen molar-refractivity contribution < 1.29 is 31.2 Å². The molecule has 13 heteroatoms. The lowest BCUT2D eigenvalue weighted by Crippen LogP contribution is -2.50. The molecule has 2 aromatic rings. The number of carbonyl (C=O) groups excluding carboxylic acids is 2. The van der Waals surface area contributed by atoms with Gasteiger partial charge in [0.2, 0.25) is 10.0 Å². The van der Waals surface area contributed by atoms with Crippen LogP contribution in [0, 0.1) is 13.8 Å². The SMILES string of the molecule is Cc1cc(C(=O)N(C)C2CCN(C)CC2)cc(C)c1C=CS(=O)(=O)N1CCC2(CC1)N=C(c1cccc(C(F)(F)F)c1)NC2=O. The molecule has 2 saturated heterocycles. The Hall–Kier alpha value is -3.55. The Morgan fingerprint density at radius 1 is 1.07 bits per heavy atom. The molecule has 0 saturated carbocycles. The van der Waals surface area contributed by atoms with Gasteiger partial charge in [0.15, 0.2) is 0 Å². The number of nitrogens with one attached hydrogen (secondary N) is 1. The lowest BCUT2D eigenvalue weighted by molar-refractivity contribution is -0.137. The first-order valence-corrected chi connectivity index (χ1v) is 16.4. The summed E-state index contributed by atoms with van der Waals surface area (Å²) in [5.41, 5.74) is 0.868. The van der Waals surface area contributed by atoms with E-state index < -0.39 is 33.2 Å². The van der Waals surface area contributed by atoms with E-state index in [9.17, 15) is 31.2 Å². The third-order valence-electron chi connectivity index (χ3n) is 9.16. The summed E-state index contributed by atoms with van der Waals surface area (Å²) in [6.07, 6.45) is -0.987. The molecule has 2 aromatic carbocycles. The Kier molecular flexibility index (Phi) is 9.00. The molecule has 0 atom stereocenters. The van der Waals surface area contributed by atoms with Gasteiger partial charge in [-0.2, -0.15) is 17.5 Å². The van der Waals surface area contributed by atoms with E-state index in [1.807, 2.05) is 25.8 Å². The van der Waals surface area contributed by atoms with E-state index in [1.165, 1.54) is 22.5 Å². The van der Waals surface area contributed by atoms with Gasteiger partial charge in [-0.25, -0.2) is 8.42 Å². The molecule has 0 bridgehead atoms. The number of aryl methyl sites for hydroxylation is 2. The molecule has 0 radical (unpaired) electrons. The Morgan fingerprint density at radius 2 is 1.69 bits per heavy atom. The molecule has 9 nitrogen and oxygen atoms in total. The summed E-state index contributed by atoms with van der Waals surface area (Å²) >= 11 is 0. The molecule has 3 heterocycles. The second-order valence-electron chi connectivity index (χ2n) is 12.2. The first-order chi connectivity index (χ1) is 21.1. The van der Waals surface area contributed by atoms with Gasteiger partial charge in [-0.3, -0.25) is 14.6 Å². The van der Waals surface area contributed by atoms with Gasteiger partial charge in [-0.1, -0.05) is 12.1 Å². The van der Waals surface area contributed by atoms with Crippen molar-refractivity contribution in [1.82, 2.24) is 19.4 Å².